The van der Waals surface area contributed by atoms with Crippen LogP contribution in [0.5, 0.6) is 0 Å². The predicted molar refractivity (Wildman–Crippen MR) is 75.0 cm³/mol. The maximum atomic E-state index is 12.6. The van der Waals surface area contributed by atoms with Crippen molar-refractivity contribution in [1.29, 1.82) is 0 Å². The summed E-state index contributed by atoms with van der Waals surface area (Å²) in [5, 5.41) is 2.85. The fourth-order valence-corrected chi connectivity index (χ4v) is 3.79. The van der Waals surface area contributed by atoms with Gasteiger partial charge in [-0.25, -0.2) is 4.79 Å². The molecule has 6 heteroatoms. The fraction of sp³-hybridized carbons (Fsp3) is 0.857. The number of nitrogens with zero attached hydrogens (tertiary/aromatic N) is 2. The van der Waals surface area contributed by atoms with E-state index in [9.17, 15) is 9.59 Å². The second-order valence-electron chi connectivity index (χ2n) is 6.28. The van der Waals surface area contributed by atoms with Gasteiger partial charge in [-0.2, -0.15) is 0 Å². The van der Waals surface area contributed by atoms with Gasteiger partial charge in [0.1, 0.15) is 0 Å². The van der Waals surface area contributed by atoms with Crippen LogP contribution in [0, 0.1) is 11.8 Å². The van der Waals surface area contributed by atoms with E-state index in [1.165, 1.54) is 0 Å². The van der Waals surface area contributed by atoms with Crippen molar-refractivity contribution in [2.45, 2.75) is 31.7 Å². The molecule has 3 rings (SSSR count). The Labute approximate surface area is 119 Å². The maximum Gasteiger partial charge on any atom is 0.317 e. The van der Waals surface area contributed by atoms with E-state index in [0.717, 1.165) is 25.7 Å². The Bertz CT molecular complexity index is 401. The lowest BCUT2D eigenvalue weighted by Gasteiger charge is -2.39. The number of urea groups is 1. The first-order chi connectivity index (χ1) is 9.69. The molecule has 0 bridgehead atoms. The van der Waals surface area contributed by atoms with Crippen molar-refractivity contribution in [3.8, 4) is 0 Å². The van der Waals surface area contributed by atoms with E-state index in [0.29, 0.717) is 38.6 Å². The van der Waals surface area contributed by atoms with Crippen LogP contribution in [-0.4, -0.2) is 60.5 Å². The van der Waals surface area contributed by atoms with Gasteiger partial charge >= 0.3 is 6.03 Å². The number of carbonyl (C=O) groups excluding carboxylic acids is 2. The molecule has 0 radical (unpaired) electrons. The molecular weight excluding hydrogens is 256 g/mol. The van der Waals surface area contributed by atoms with Crippen LogP contribution in [0.25, 0.3) is 0 Å². The molecule has 3 aliphatic rings. The zero-order valence-corrected chi connectivity index (χ0v) is 11.9. The molecule has 3 unspecified atom stereocenters. The number of rotatable bonds is 2. The van der Waals surface area contributed by atoms with Gasteiger partial charge in [-0.1, -0.05) is 6.42 Å². The van der Waals surface area contributed by atoms with Gasteiger partial charge in [0.05, 0.1) is 6.04 Å². The van der Waals surface area contributed by atoms with Crippen LogP contribution < -0.4 is 11.1 Å². The summed E-state index contributed by atoms with van der Waals surface area (Å²) in [6.07, 6.45) is 4.21. The zero-order chi connectivity index (χ0) is 14.1. The third-order valence-electron chi connectivity index (χ3n) is 5.01. The standard InChI is InChI=1S/C14H24N4O2/c15-7-10-2-1-3-11(6-10)13(19)17-4-5-18-12(9-17)8-16-14(18)20/h10-12H,1-9,15H2,(H,16,20). The Kier molecular flexibility index (Phi) is 3.83. The van der Waals surface area contributed by atoms with E-state index >= 15 is 0 Å². The van der Waals surface area contributed by atoms with Crippen LogP contribution in [0.2, 0.25) is 0 Å². The predicted octanol–water partition coefficient (Wildman–Crippen LogP) is -0.0125. The Hall–Kier alpha value is -1.30. The van der Waals surface area contributed by atoms with Crippen LogP contribution >= 0.6 is 0 Å². The molecule has 2 heterocycles. The van der Waals surface area contributed by atoms with Crippen LogP contribution in [0.4, 0.5) is 4.79 Å². The van der Waals surface area contributed by atoms with E-state index in [4.69, 9.17) is 5.73 Å². The van der Waals surface area contributed by atoms with Gasteiger partial charge < -0.3 is 20.9 Å². The largest absolute Gasteiger partial charge is 0.339 e. The molecule has 2 aliphatic heterocycles. The van der Waals surface area contributed by atoms with Gasteiger partial charge in [-0.15, -0.1) is 0 Å². The first-order valence-electron chi connectivity index (χ1n) is 7.72. The summed E-state index contributed by atoms with van der Waals surface area (Å²) in [7, 11) is 0. The first-order valence-corrected chi connectivity index (χ1v) is 7.72. The highest BCUT2D eigenvalue weighted by Gasteiger charge is 2.39. The lowest BCUT2D eigenvalue weighted by Crippen LogP contribution is -2.55. The third kappa shape index (κ3) is 2.49. The topological polar surface area (TPSA) is 78.7 Å². The molecule has 6 nitrogen and oxygen atoms in total. The molecule has 2 saturated heterocycles. The molecular formula is C14H24N4O2. The third-order valence-corrected chi connectivity index (χ3v) is 5.01. The first kappa shape index (κ1) is 13.7. The van der Waals surface area contributed by atoms with Crippen molar-refractivity contribution in [2.24, 2.45) is 17.6 Å². The van der Waals surface area contributed by atoms with Crippen LogP contribution in [0.1, 0.15) is 25.7 Å². The average molecular weight is 280 g/mol. The molecule has 3 amide bonds. The van der Waals surface area contributed by atoms with Gasteiger partial charge in [0.15, 0.2) is 0 Å². The highest BCUT2D eigenvalue weighted by Crippen LogP contribution is 2.30. The molecule has 1 aliphatic carbocycles. The van der Waals surface area contributed by atoms with E-state index in [-0.39, 0.29) is 23.9 Å². The average Bonchev–Trinajstić information content (AvgIpc) is 2.87. The van der Waals surface area contributed by atoms with Crippen molar-refractivity contribution in [1.82, 2.24) is 15.1 Å². The number of piperazine rings is 1. The van der Waals surface area contributed by atoms with Crippen molar-refractivity contribution in [2.75, 3.05) is 32.7 Å². The SMILES string of the molecule is NCC1CCCC(C(=O)N2CCN3C(=O)NCC3C2)C1. The number of fused-ring (bicyclic) bond motifs is 1. The summed E-state index contributed by atoms with van der Waals surface area (Å²) < 4.78 is 0. The molecule has 3 fully saturated rings. The van der Waals surface area contributed by atoms with Gasteiger partial charge in [0, 0.05) is 32.1 Å². The molecule has 0 aromatic rings. The normalized spacial score (nSPS) is 33.9. The maximum absolute atomic E-state index is 12.6. The molecule has 20 heavy (non-hydrogen) atoms. The summed E-state index contributed by atoms with van der Waals surface area (Å²) >= 11 is 0. The number of hydrogen-bond donors (Lipinski definition) is 2. The van der Waals surface area contributed by atoms with Crippen molar-refractivity contribution in [3.05, 3.63) is 0 Å². The summed E-state index contributed by atoms with van der Waals surface area (Å²) in [4.78, 5) is 28.0. The molecule has 0 aromatic carbocycles. The summed E-state index contributed by atoms with van der Waals surface area (Å²) in [5.41, 5.74) is 5.75. The Morgan fingerprint density at radius 1 is 1.35 bits per heavy atom. The van der Waals surface area contributed by atoms with Crippen molar-refractivity contribution >= 4 is 11.9 Å². The minimum atomic E-state index is 0.0166. The van der Waals surface area contributed by atoms with E-state index in [1.807, 2.05) is 9.80 Å². The molecule has 112 valence electrons. The second kappa shape index (κ2) is 5.60. The minimum absolute atomic E-state index is 0.0166. The lowest BCUT2D eigenvalue weighted by atomic mass is 9.80. The number of amides is 3. The number of hydrogen-bond acceptors (Lipinski definition) is 3. The summed E-state index contributed by atoms with van der Waals surface area (Å²) in [5.74, 6) is 0.935. The van der Waals surface area contributed by atoms with E-state index in [2.05, 4.69) is 5.32 Å². The van der Waals surface area contributed by atoms with Crippen LogP contribution in [0.3, 0.4) is 0 Å². The van der Waals surface area contributed by atoms with Gasteiger partial charge in [0.25, 0.3) is 0 Å². The van der Waals surface area contributed by atoms with Crippen molar-refractivity contribution in [3.63, 3.8) is 0 Å². The number of nitrogens with one attached hydrogen (secondary N) is 1. The van der Waals surface area contributed by atoms with E-state index in [1.54, 1.807) is 0 Å². The number of carbonyl (C=O) groups is 2. The molecule has 1 saturated carbocycles. The summed E-state index contributed by atoms with van der Waals surface area (Å²) in [6, 6.07) is 0.178. The second-order valence-corrected chi connectivity index (χ2v) is 6.28. The van der Waals surface area contributed by atoms with Gasteiger partial charge in [0.2, 0.25) is 5.91 Å². The quantitative estimate of drug-likeness (QED) is 0.746. The van der Waals surface area contributed by atoms with Gasteiger partial charge in [-0.3, -0.25) is 4.79 Å². The van der Waals surface area contributed by atoms with Crippen LogP contribution in [0.15, 0.2) is 0 Å². The molecule has 0 aromatic heterocycles. The fourth-order valence-electron chi connectivity index (χ4n) is 3.79. The highest BCUT2D eigenvalue weighted by molar-refractivity contribution is 5.81. The minimum Gasteiger partial charge on any atom is -0.339 e. The highest BCUT2D eigenvalue weighted by atomic mass is 16.2. The van der Waals surface area contributed by atoms with Crippen LogP contribution in [-0.2, 0) is 4.79 Å². The monoisotopic (exact) mass is 280 g/mol. The molecule has 0 spiro atoms. The van der Waals surface area contributed by atoms with Gasteiger partial charge in [-0.05, 0) is 31.7 Å². The Morgan fingerprint density at radius 2 is 2.20 bits per heavy atom. The molecule has 3 N–H and O–H groups in total. The van der Waals surface area contributed by atoms with E-state index < -0.39 is 0 Å². The number of nitrogens with two attached hydrogens (primary N) is 1. The summed E-state index contributed by atoms with van der Waals surface area (Å²) in [6.45, 7) is 3.38. The Morgan fingerprint density at radius 3 is 3.00 bits per heavy atom. The Balaban J connectivity index is 1.59. The smallest absolute Gasteiger partial charge is 0.317 e. The zero-order valence-electron chi connectivity index (χ0n) is 11.9. The lowest BCUT2D eigenvalue weighted by molar-refractivity contribution is -0.139. The van der Waals surface area contributed by atoms with Crippen molar-refractivity contribution < 1.29 is 9.59 Å². The molecule has 3 atom stereocenters.